The molecule has 8 heteroatoms. The molecule has 0 spiro atoms. The van der Waals surface area contributed by atoms with Crippen molar-refractivity contribution in [2.24, 2.45) is 5.41 Å². The second-order valence-corrected chi connectivity index (χ2v) is 8.99. The Kier molecular flexibility index (Phi) is 6.12. The molecule has 2 aromatic heterocycles. The van der Waals surface area contributed by atoms with Crippen LogP contribution in [0, 0.1) is 5.41 Å². The van der Waals surface area contributed by atoms with Crippen molar-refractivity contribution >= 4 is 40.2 Å². The number of carbonyl (C=O) groups is 1. The molecule has 0 fully saturated rings. The second kappa shape index (κ2) is 8.44. The molecule has 1 atom stereocenters. The minimum Gasteiger partial charge on any atom is -0.347 e. The van der Waals surface area contributed by atoms with E-state index in [1.165, 1.54) is 6.92 Å². The molecule has 0 bridgehead atoms. The van der Waals surface area contributed by atoms with Crippen molar-refractivity contribution in [2.75, 3.05) is 16.8 Å². The van der Waals surface area contributed by atoms with Gasteiger partial charge in [-0.25, -0.2) is 4.98 Å². The third-order valence-electron chi connectivity index (χ3n) is 4.58. The molecular weight excluding hydrogens is 402 g/mol. The van der Waals surface area contributed by atoms with Gasteiger partial charge in [-0.15, -0.1) is 0 Å². The van der Waals surface area contributed by atoms with Crippen molar-refractivity contribution in [1.82, 2.24) is 15.0 Å². The van der Waals surface area contributed by atoms with Gasteiger partial charge in [0, 0.05) is 41.2 Å². The van der Waals surface area contributed by atoms with Gasteiger partial charge in [-0.05, 0) is 42.7 Å². The standard InChI is InChI=1S/C22H26ClN5O2/c1-13(17-11-15-10-16(23)6-7-18(15)26-20(17)30)25-21-24-9-8-19(27-21)28(14(2)29)12-22(3,4)5/h6-11,13H,12H2,1-5H3,(H,26,30)(H,24,25,27)/t13-/m0/s1. The van der Waals surface area contributed by atoms with E-state index in [9.17, 15) is 9.59 Å². The van der Waals surface area contributed by atoms with Crippen molar-refractivity contribution in [2.45, 2.75) is 40.7 Å². The highest BCUT2D eigenvalue weighted by molar-refractivity contribution is 6.31. The number of rotatable bonds is 5. The van der Waals surface area contributed by atoms with E-state index in [4.69, 9.17) is 11.6 Å². The maximum absolute atomic E-state index is 12.5. The van der Waals surface area contributed by atoms with E-state index in [-0.39, 0.29) is 22.9 Å². The predicted molar refractivity (Wildman–Crippen MR) is 121 cm³/mol. The number of carbonyl (C=O) groups excluding carboxylic acids is 1. The van der Waals surface area contributed by atoms with Gasteiger partial charge < -0.3 is 10.3 Å². The number of hydrogen-bond donors (Lipinski definition) is 2. The molecule has 2 N–H and O–H groups in total. The average molecular weight is 428 g/mol. The summed E-state index contributed by atoms with van der Waals surface area (Å²) in [6.07, 6.45) is 1.60. The van der Waals surface area contributed by atoms with Crippen LogP contribution in [0.2, 0.25) is 5.02 Å². The van der Waals surface area contributed by atoms with Crippen LogP contribution in [-0.2, 0) is 4.79 Å². The minimum atomic E-state index is -0.360. The van der Waals surface area contributed by atoms with Crippen LogP contribution in [0.3, 0.4) is 0 Å². The fraction of sp³-hybridized carbons (Fsp3) is 0.364. The molecule has 3 aromatic rings. The van der Waals surface area contributed by atoms with Gasteiger partial charge in [0.25, 0.3) is 5.56 Å². The second-order valence-electron chi connectivity index (χ2n) is 8.56. The van der Waals surface area contributed by atoms with E-state index >= 15 is 0 Å². The zero-order valence-electron chi connectivity index (χ0n) is 17.8. The summed E-state index contributed by atoms with van der Waals surface area (Å²) in [7, 11) is 0. The predicted octanol–water partition coefficient (Wildman–Crippen LogP) is 4.54. The monoisotopic (exact) mass is 427 g/mol. The number of fused-ring (bicyclic) bond motifs is 1. The topological polar surface area (TPSA) is 91.0 Å². The number of nitrogens with one attached hydrogen (secondary N) is 2. The van der Waals surface area contributed by atoms with Gasteiger partial charge in [-0.3, -0.25) is 14.5 Å². The average Bonchev–Trinajstić information content (AvgIpc) is 2.65. The molecule has 3 rings (SSSR count). The number of hydrogen-bond acceptors (Lipinski definition) is 5. The fourth-order valence-electron chi connectivity index (χ4n) is 3.18. The third-order valence-corrected chi connectivity index (χ3v) is 4.81. The molecule has 0 aliphatic carbocycles. The van der Waals surface area contributed by atoms with Crippen molar-refractivity contribution < 1.29 is 4.79 Å². The summed E-state index contributed by atoms with van der Waals surface area (Å²) in [6.45, 7) is 10.1. The van der Waals surface area contributed by atoms with E-state index in [1.807, 2.05) is 13.0 Å². The Bertz CT molecular complexity index is 1140. The van der Waals surface area contributed by atoms with Gasteiger partial charge in [0.2, 0.25) is 11.9 Å². The van der Waals surface area contributed by atoms with Gasteiger partial charge in [-0.2, -0.15) is 4.98 Å². The van der Waals surface area contributed by atoms with Gasteiger partial charge in [0.1, 0.15) is 5.82 Å². The molecule has 0 radical (unpaired) electrons. The molecule has 0 unspecified atom stereocenters. The van der Waals surface area contributed by atoms with Crippen LogP contribution in [0.1, 0.15) is 46.2 Å². The quantitative estimate of drug-likeness (QED) is 0.623. The zero-order valence-corrected chi connectivity index (χ0v) is 18.5. The Hall–Kier alpha value is -2.93. The lowest BCUT2D eigenvalue weighted by molar-refractivity contribution is -0.116. The summed E-state index contributed by atoms with van der Waals surface area (Å²) in [5, 5.41) is 4.60. The summed E-state index contributed by atoms with van der Waals surface area (Å²) >= 11 is 6.08. The van der Waals surface area contributed by atoms with Crippen molar-refractivity contribution in [1.29, 1.82) is 0 Å². The van der Waals surface area contributed by atoms with E-state index < -0.39 is 0 Å². The Morgan fingerprint density at radius 2 is 2.00 bits per heavy atom. The number of aromatic amines is 1. The molecule has 2 heterocycles. The van der Waals surface area contributed by atoms with Gasteiger partial charge in [0.15, 0.2) is 0 Å². The van der Waals surface area contributed by atoms with Crippen LogP contribution in [-0.4, -0.2) is 27.4 Å². The third kappa shape index (κ3) is 5.16. The van der Waals surface area contributed by atoms with Crippen LogP contribution in [0.4, 0.5) is 11.8 Å². The number of H-pyrrole nitrogens is 1. The largest absolute Gasteiger partial charge is 0.347 e. The van der Waals surface area contributed by atoms with Crippen LogP contribution in [0.25, 0.3) is 10.9 Å². The van der Waals surface area contributed by atoms with Crippen molar-refractivity contribution in [3.05, 3.63) is 57.5 Å². The lowest BCUT2D eigenvalue weighted by Crippen LogP contribution is -2.37. The summed E-state index contributed by atoms with van der Waals surface area (Å²) in [5.41, 5.74) is 0.978. The van der Waals surface area contributed by atoms with Crippen LogP contribution >= 0.6 is 11.6 Å². The number of amides is 1. The first-order chi connectivity index (χ1) is 14.0. The van der Waals surface area contributed by atoms with Crippen LogP contribution in [0.5, 0.6) is 0 Å². The van der Waals surface area contributed by atoms with Gasteiger partial charge in [0.05, 0.1) is 6.04 Å². The number of aromatic nitrogens is 3. The van der Waals surface area contributed by atoms with Crippen molar-refractivity contribution in [3.8, 4) is 0 Å². The summed E-state index contributed by atoms with van der Waals surface area (Å²) in [5.74, 6) is 0.762. The van der Waals surface area contributed by atoms with E-state index in [1.54, 1.807) is 35.4 Å². The smallest absolute Gasteiger partial charge is 0.253 e. The molecule has 30 heavy (non-hydrogen) atoms. The molecule has 1 aromatic carbocycles. The first-order valence-electron chi connectivity index (χ1n) is 9.74. The minimum absolute atomic E-state index is 0.0861. The first-order valence-corrected chi connectivity index (χ1v) is 10.1. The number of halogens is 1. The molecule has 1 amide bonds. The Balaban J connectivity index is 1.89. The maximum Gasteiger partial charge on any atom is 0.253 e. The normalized spacial score (nSPS) is 12.6. The molecular formula is C22H26ClN5O2. The molecule has 158 valence electrons. The Morgan fingerprint density at radius 3 is 2.67 bits per heavy atom. The van der Waals surface area contributed by atoms with E-state index in [0.717, 1.165) is 10.9 Å². The number of benzene rings is 1. The molecule has 0 aliphatic rings. The highest BCUT2D eigenvalue weighted by Crippen LogP contribution is 2.23. The highest BCUT2D eigenvalue weighted by atomic mass is 35.5. The Morgan fingerprint density at radius 1 is 1.27 bits per heavy atom. The first kappa shape index (κ1) is 21.8. The molecule has 0 aliphatic heterocycles. The molecule has 0 saturated carbocycles. The summed E-state index contributed by atoms with van der Waals surface area (Å²) in [4.78, 5) is 38.0. The number of anilines is 2. The lowest BCUT2D eigenvalue weighted by Gasteiger charge is -2.28. The summed E-state index contributed by atoms with van der Waals surface area (Å²) in [6, 6.07) is 8.47. The van der Waals surface area contributed by atoms with E-state index in [2.05, 4.69) is 41.0 Å². The zero-order chi connectivity index (χ0) is 22.1. The molecule has 7 nitrogen and oxygen atoms in total. The van der Waals surface area contributed by atoms with Crippen molar-refractivity contribution in [3.63, 3.8) is 0 Å². The van der Waals surface area contributed by atoms with E-state index in [0.29, 0.717) is 28.9 Å². The maximum atomic E-state index is 12.5. The highest BCUT2D eigenvalue weighted by Gasteiger charge is 2.22. The summed E-state index contributed by atoms with van der Waals surface area (Å²) < 4.78 is 0. The van der Waals surface area contributed by atoms with Gasteiger partial charge >= 0.3 is 0 Å². The fourth-order valence-corrected chi connectivity index (χ4v) is 3.37. The molecule has 0 saturated heterocycles. The Labute approximate surface area is 180 Å². The number of nitrogens with zero attached hydrogens (tertiary/aromatic N) is 3. The van der Waals surface area contributed by atoms with Gasteiger partial charge in [-0.1, -0.05) is 32.4 Å². The number of pyridine rings is 1. The SMILES string of the molecule is CC(=O)N(CC(C)(C)C)c1ccnc(N[C@@H](C)c2cc3cc(Cl)ccc3[nH]c2=O)n1. The lowest BCUT2D eigenvalue weighted by atomic mass is 9.96. The van der Waals surface area contributed by atoms with Crippen LogP contribution in [0.15, 0.2) is 41.3 Å². The van der Waals surface area contributed by atoms with Crippen LogP contribution < -0.4 is 15.8 Å².